The van der Waals surface area contributed by atoms with Crippen molar-refractivity contribution in [3.8, 4) is 11.6 Å². The molecule has 1 aromatic carbocycles. The number of nitro benzene ring substituents is 1. The number of hydrogen-bond acceptors (Lipinski definition) is 6. The average molecular weight is 287 g/mol. The van der Waals surface area contributed by atoms with Crippen molar-refractivity contribution in [2.75, 3.05) is 0 Å². The van der Waals surface area contributed by atoms with Crippen molar-refractivity contribution in [3.05, 3.63) is 51.2 Å². The molecular weight excluding hydrogens is 274 g/mol. The van der Waals surface area contributed by atoms with Crippen LogP contribution in [0, 0.1) is 29.4 Å². The maximum absolute atomic E-state index is 11.2. The molecule has 0 aliphatic carbocycles. The van der Waals surface area contributed by atoms with Gasteiger partial charge in [-0.2, -0.15) is 5.10 Å². The fraction of sp³-hybridized carbons (Fsp3) is 0.154. The second-order valence-corrected chi connectivity index (χ2v) is 4.45. The quantitative estimate of drug-likeness (QED) is 0.383. The number of amidine groups is 1. The van der Waals surface area contributed by atoms with Crippen molar-refractivity contribution in [1.82, 2.24) is 10.2 Å². The highest BCUT2D eigenvalue weighted by atomic mass is 16.6. The van der Waals surface area contributed by atoms with Crippen LogP contribution in [0.1, 0.15) is 16.7 Å². The smallest absolute Gasteiger partial charge is 0.312 e. The molecule has 2 rings (SSSR count). The van der Waals surface area contributed by atoms with E-state index >= 15 is 0 Å². The monoisotopic (exact) mass is 287 g/mol. The van der Waals surface area contributed by atoms with Gasteiger partial charge in [-0.15, -0.1) is 5.10 Å². The standard InChI is InChI=1S/C13H13N5O3/c1-7-5-8(2)11(10(6-7)18(19)20)21-13-9(12(14)15)3-4-16-17-13/h3-6H,1-2H3,(H3,14,15). The van der Waals surface area contributed by atoms with E-state index in [0.29, 0.717) is 5.56 Å². The predicted octanol–water partition coefficient (Wildman–Crippen LogP) is 2.08. The lowest BCUT2D eigenvalue weighted by Gasteiger charge is -2.11. The Morgan fingerprint density at radius 3 is 2.76 bits per heavy atom. The molecule has 8 heteroatoms. The van der Waals surface area contributed by atoms with Crippen LogP contribution in [-0.4, -0.2) is 21.0 Å². The Kier molecular flexibility index (Phi) is 3.79. The predicted molar refractivity (Wildman–Crippen MR) is 75.7 cm³/mol. The molecule has 2 aromatic rings. The van der Waals surface area contributed by atoms with Crippen LogP contribution in [0.4, 0.5) is 5.69 Å². The zero-order chi connectivity index (χ0) is 15.6. The Hall–Kier alpha value is -3.03. The van der Waals surface area contributed by atoms with Gasteiger partial charge in [-0.3, -0.25) is 15.5 Å². The lowest BCUT2D eigenvalue weighted by molar-refractivity contribution is -0.385. The van der Waals surface area contributed by atoms with Crippen LogP contribution < -0.4 is 10.5 Å². The third kappa shape index (κ3) is 2.94. The summed E-state index contributed by atoms with van der Waals surface area (Å²) in [5.41, 5.74) is 6.81. The van der Waals surface area contributed by atoms with Crippen LogP contribution in [0.25, 0.3) is 0 Å². The van der Waals surface area contributed by atoms with Gasteiger partial charge in [0.1, 0.15) is 5.84 Å². The molecule has 0 bridgehead atoms. The summed E-state index contributed by atoms with van der Waals surface area (Å²) in [5.74, 6) is -0.235. The minimum atomic E-state index is -0.529. The van der Waals surface area contributed by atoms with Crippen LogP contribution in [0.15, 0.2) is 24.4 Å². The topological polar surface area (TPSA) is 128 Å². The molecule has 0 amide bonds. The zero-order valence-electron chi connectivity index (χ0n) is 11.5. The van der Waals surface area contributed by atoms with Gasteiger partial charge in [0.25, 0.3) is 0 Å². The lowest BCUT2D eigenvalue weighted by atomic mass is 10.1. The molecule has 8 nitrogen and oxygen atoms in total. The summed E-state index contributed by atoms with van der Waals surface area (Å²) in [7, 11) is 0. The van der Waals surface area contributed by atoms with Crippen molar-refractivity contribution in [2.24, 2.45) is 5.73 Å². The van der Waals surface area contributed by atoms with Gasteiger partial charge in [-0.25, -0.2) is 0 Å². The molecule has 21 heavy (non-hydrogen) atoms. The summed E-state index contributed by atoms with van der Waals surface area (Å²) >= 11 is 0. The van der Waals surface area contributed by atoms with Crippen LogP contribution in [0.3, 0.4) is 0 Å². The summed E-state index contributed by atoms with van der Waals surface area (Å²) in [4.78, 5) is 10.6. The van der Waals surface area contributed by atoms with E-state index in [1.165, 1.54) is 18.3 Å². The number of nitrogen functional groups attached to an aromatic ring is 1. The van der Waals surface area contributed by atoms with Gasteiger partial charge in [-0.05, 0) is 31.0 Å². The van der Waals surface area contributed by atoms with Gasteiger partial charge < -0.3 is 10.5 Å². The maximum Gasteiger partial charge on any atom is 0.312 e. The molecular formula is C13H13N5O3. The molecule has 0 fully saturated rings. The van der Waals surface area contributed by atoms with Crippen molar-refractivity contribution in [2.45, 2.75) is 13.8 Å². The fourth-order valence-corrected chi connectivity index (χ4v) is 1.90. The largest absolute Gasteiger partial charge is 0.429 e. The molecule has 0 unspecified atom stereocenters. The highest BCUT2D eigenvalue weighted by Crippen LogP contribution is 2.35. The van der Waals surface area contributed by atoms with Crippen molar-refractivity contribution in [1.29, 1.82) is 5.41 Å². The number of nitrogens with two attached hydrogens (primary N) is 1. The van der Waals surface area contributed by atoms with Crippen molar-refractivity contribution < 1.29 is 9.66 Å². The molecule has 0 radical (unpaired) electrons. The first-order chi connectivity index (χ1) is 9.90. The summed E-state index contributed by atoms with van der Waals surface area (Å²) in [6.45, 7) is 3.45. The highest BCUT2D eigenvalue weighted by molar-refractivity contribution is 5.97. The van der Waals surface area contributed by atoms with Crippen LogP contribution >= 0.6 is 0 Å². The maximum atomic E-state index is 11.2. The molecule has 1 aromatic heterocycles. The van der Waals surface area contributed by atoms with E-state index < -0.39 is 4.92 Å². The van der Waals surface area contributed by atoms with E-state index in [9.17, 15) is 10.1 Å². The van der Waals surface area contributed by atoms with Crippen LogP contribution in [-0.2, 0) is 0 Å². The molecule has 0 saturated carbocycles. The van der Waals surface area contributed by atoms with Gasteiger partial charge in [0.2, 0.25) is 11.6 Å². The van der Waals surface area contributed by atoms with Gasteiger partial charge in [0, 0.05) is 6.07 Å². The summed E-state index contributed by atoms with van der Waals surface area (Å²) in [5, 5.41) is 26.0. The van der Waals surface area contributed by atoms with Gasteiger partial charge >= 0.3 is 5.69 Å². The minimum Gasteiger partial charge on any atom is -0.429 e. The molecule has 0 saturated heterocycles. The molecule has 0 aliphatic rings. The Balaban J connectivity index is 2.55. The molecule has 0 atom stereocenters. The minimum absolute atomic E-state index is 0.0416. The first kappa shape index (κ1) is 14.4. The normalized spacial score (nSPS) is 10.2. The van der Waals surface area contributed by atoms with E-state index in [1.54, 1.807) is 19.9 Å². The summed E-state index contributed by atoms with van der Waals surface area (Å²) in [6.07, 6.45) is 1.36. The second kappa shape index (κ2) is 5.53. The van der Waals surface area contributed by atoms with Gasteiger partial charge in [0.05, 0.1) is 16.7 Å². The van der Waals surface area contributed by atoms with E-state index in [4.69, 9.17) is 15.9 Å². The number of aromatic nitrogens is 2. The molecule has 0 spiro atoms. The average Bonchev–Trinajstić information content (AvgIpc) is 2.41. The number of benzene rings is 1. The van der Waals surface area contributed by atoms with Gasteiger partial charge in [0.15, 0.2) is 0 Å². The number of rotatable bonds is 4. The van der Waals surface area contributed by atoms with Crippen LogP contribution in [0.5, 0.6) is 11.6 Å². The second-order valence-electron chi connectivity index (χ2n) is 4.45. The first-order valence-electron chi connectivity index (χ1n) is 5.99. The van der Waals surface area contributed by atoms with E-state index in [0.717, 1.165) is 5.56 Å². The first-order valence-corrected chi connectivity index (χ1v) is 5.99. The fourth-order valence-electron chi connectivity index (χ4n) is 1.90. The zero-order valence-corrected chi connectivity index (χ0v) is 11.5. The Morgan fingerprint density at radius 2 is 2.14 bits per heavy atom. The van der Waals surface area contributed by atoms with Crippen molar-refractivity contribution in [3.63, 3.8) is 0 Å². The number of hydrogen-bond donors (Lipinski definition) is 2. The lowest BCUT2D eigenvalue weighted by Crippen LogP contribution is -2.13. The van der Waals surface area contributed by atoms with Crippen LogP contribution in [0.2, 0.25) is 0 Å². The van der Waals surface area contributed by atoms with Gasteiger partial charge in [-0.1, -0.05) is 6.07 Å². The SMILES string of the molecule is Cc1cc(C)c(Oc2nnccc2C(=N)N)c([N+](=O)[O-])c1. The number of nitrogens with one attached hydrogen (secondary N) is 1. The Labute approximate surface area is 120 Å². The third-order valence-corrected chi connectivity index (χ3v) is 2.77. The number of ether oxygens (including phenoxy) is 1. The summed E-state index contributed by atoms with van der Waals surface area (Å²) < 4.78 is 5.51. The summed E-state index contributed by atoms with van der Waals surface area (Å²) in [6, 6.07) is 4.62. The Morgan fingerprint density at radius 1 is 1.43 bits per heavy atom. The number of nitrogens with zero attached hydrogens (tertiary/aromatic N) is 3. The number of aryl methyl sites for hydroxylation is 2. The number of nitro groups is 1. The Bertz CT molecular complexity index is 730. The van der Waals surface area contributed by atoms with E-state index in [2.05, 4.69) is 10.2 Å². The molecule has 108 valence electrons. The molecule has 0 aliphatic heterocycles. The third-order valence-electron chi connectivity index (χ3n) is 2.77. The van der Waals surface area contributed by atoms with E-state index in [1.807, 2.05) is 0 Å². The highest BCUT2D eigenvalue weighted by Gasteiger charge is 2.21. The van der Waals surface area contributed by atoms with Crippen molar-refractivity contribution >= 4 is 11.5 Å². The molecule has 1 heterocycles. The van der Waals surface area contributed by atoms with E-state index in [-0.39, 0.29) is 28.7 Å². The molecule has 3 N–H and O–H groups in total.